The average Bonchev–Trinajstić information content (AvgIpc) is 2.37. The Morgan fingerprint density at radius 1 is 1.50 bits per heavy atom. The summed E-state index contributed by atoms with van der Waals surface area (Å²) in [6.07, 6.45) is 2.08. The third-order valence-corrected chi connectivity index (χ3v) is 3.46. The van der Waals surface area contributed by atoms with E-state index in [2.05, 4.69) is 23.7 Å². The first-order chi connectivity index (χ1) is 8.54. The number of aromatic nitrogens is 1. The van der Waals surface area contributed by atoms with Crippen molar-refractivity contribution in [2.45, 2.75) is 38.8 Å². The van der Waals surface area contributed by atoms with Crippen molar-refractivity contribution in [3.63, 3.8) is 0 Å². The zero-order chi connectivity index (χ0) is 13.2. The normalized spacial score (nSPS) is 20.8. The number of hydrogen-bond acceptors (Lipinski definition) is 4. The molecule has 4 nitrogen and oxygen atoms in total. The molecule has 1 fully saturated rings. The molecule has 1 aliphatic rings. The van der Waals surface area contributed by atoms with Crippen LogP contribution < -0.4 is 4.90 Å². The van der Waals surface area contributed by atoms with Gasteiger partial charge in [0, 0.05) is 6.54 Å². The largest absolute Gasteiger partial charge is 0.387 e. The predicted molar refractivity (Wildman–Crippen MR) is 71.7 cm³/mol. The number of ether oxygens (including phenoxy) is 1. The molecule has 1 aliphatic heterocycles. The lowest BCUT2D eigenvalue weighted by Gasteiger charge is -2.43. The smallest absolute Gasteiger partial charge is 0.0957 e. The average molecular weight is 250 g/mol. The molecule has 0 radical (unpaired) electrons. The first kappa shape index (κ1) is 13.3. The van der Waals surface area contributed by atoms with Crippen LogP contribution in [-0.4, -0.2) is 35.4 Å². The van der Waals surface area contributed by atoms with Gasteiger partial charge in [0.05, 0.1) is 42.4 Å². The number of anilines is 1. The molecule has 100 valence electrons. The maximum absolute atomic E-state index is 9.74. The summed E-state index contributed by atoms with van der Waals surface area (Å²) in [5.74, 6) is 0. The van der Waals surface area contributed by atoms with Crippen molar-refractivity contribution in [3.05, 3.63) is 24.0 Å². The number of hydrogen-bond donors (Lipinski definition) is 1. The molecule has 2 heterocycles. The van der Waals surface area contributed by atoms with Gasteiger partial charge >= 0.3 is 0 Å². The highest BCUT2D eigenvalue weighted by atomic mass is 16.5. The second kappa shape index (κ2) is 5.24. The summed E-state index contributed by atoms with van der Waals surface area (Å²) in [7, 11) is 0. The molecule has 1 atom stereocenters. The van der Waals surface area contributed by atoms with Gasteiger partial charge in [0.15, 0.2) is 0 Å². The SMILES string of the molecule is CC[C@H](O)c1ccc(N2CCOCC2(C)C)cn1. The van der Waals surface area contributed by atoms with E-state index in [1.54, 1.807) is 0 Å². The monoisotopic (exact) mass is 250 g/mol. The number of pyridine rings is 1. The van der Waals surface area contributed by atoms with Crippen molar-refractivity contribution in [2.24, 2.45) is 0 Å². The lowest BCUT2D eigenvalue weighted by Crippen LogP contribution is -2.53. The van der Waals surface area contributed by atoms with E-state index in [-0.39, 0.29) is 5.54 Å². The van der Waals surface area contributed by atoms with Crippen LogP contribution in [0.15, 0.2) is 18.3 Å². The summed E-state index contributed by atoms with van der Waals surface area (Å²) in [4.78, 5) is 6.67. The van der Waals surface area contributed by atoms with Crippen LogP contribution in [0.1, 0.15) is 39.0 Å². The number of morpholine rings is 1. The summed E-state index contributed by atoms with van der Waals surface area (Å²) < 4.78 is 5.51. The van der Waals surface area contributed by atoms with Crippen LogP contribution in [0, 0.1) is 0 Å². The van der Waals surface area contributed by atoms with Crippen molar-refractivity contribution >= 4 is 5.69 Å². The van der Waals surface area contributed by atoms with Crippen LogP contribution in [0.4, 0.5) is 5.69 Å². The first-order valence-corrected chi connectivity index (χ1v) is 6.54. The van der Waals surface area contributed by atoms with Crippen molar-refractivity contribution in [1.29, 1.82) is 0 Å². The number of aliphatic hydroxyl groups is 1. The third kappa shape index (κ3) is 2.65. The molecule has 0 aromatic carbocycles. The quantitative estimate of drug-likeness (QED) is 0.892. The molecule has 0 spiro atoms. The molecule has 1 saturated heterocycles. The Morgan fingerprint density at radius 3 is 2.83 bits per heavy atom. The maximum Gasteiger partial charge on any atom is 0.0957 e. The highest BCUT2D eigenvalue weighted by Gasteiger charge is 2.30. The van der Waals surface area contributed by atoms with Gasteiger partial charge in [-0.1, -0.05) is 6.92 Å². The lowest BCUT2D eigenvalue weighted by molar-refractivity contribution is 0.0643. The predicted octanol–water partition coefficient (Wildman–Crippen LogP) is 2.14. The van der Waals surface area contributed by atoms with Crippen LogP contribution >= 0.6 is 0 Å². The van der Waals surface area contributed by atoms with Gasteiger partial charge in [-0.3, -0.25) is 4.98 Å². The molecule has 4 heteroatoms. The third-order valence-electron chi connectivity index (χ3n) is 3.46. The number of rotatable bonds is 3. The van der Waals surface area contributed by atoms with E-state index in [0.717, 1.165) is 31.1 Å². The minimum Gasteiger partial charge on any atom is -0.387 e. The summed E-state index contributed by atoms with van der Waals surface area (Å²) in [5.41, 5.74) is 1.83. The molecule has 1 aromatic heterocycles. The van der Waals surface area contributed by atoms with E-state index >= 15 is 0 Å². The Morgan fingerprint density at radius 2 is 2.28 bits per heavy atom. The molecule has 1 N–H and O–H groups in total. The van der Waals surface area contributed by atoms with Gasteiger partial charge in [0.25, 0.3) is 0 Å². The summed E-state index contributed by atoms with van der Waals surface area (Å²) in [5, 5.41) is 9.74. The molecular formula is C14H22N2O2. The highest BCUT2D eigenvalue weighted by Crippen LogP contribution is 2.27. The molecule has 0 amide bonds. The molecule has 0 unspecified atom stereocenters. The van der Waals surface area contributed by atoms with E-state index in [1.807, 2.05) is 25.3 Å². The Balaban J connectivity index is 2.18. The van der Waals surface area contributed by atoms with Crippen LogP contribution in [0.25, 0.3) is 0 Å². The van der Waals surface area contributed by atoms with Crippen LogP contribution in [0.2, 0.25) is 0 Å². The zero-order valence-corrected chi connectivity index (χ0v) is 11.4. The fourth-order valence-electron chi connectivity index (χ4n) is 2.30. The molecule has 18 heavy (non-hydrogen) atoms. The second-order valence-electron chi connectivity index (χ2n) is 5.38. The summed E-state index contributed by atoms with van der Waals surface area (Å²) in [6.45, 7) is 8.65. The Bertz CT molecular complexity index is 389. The topological polar surface area (TPSA) is 45.6 Å². The van der Waals surface area contributed by atoms with Gasteiger partial charge in [-0.05, 0) is 32.4 Å². The minimum atomic E-state index is -0.461. The fourth-order valence-corrected chi connectivity index (χ4v) is 2.30. The van der Waals surface area contributed by atoms with Gasteiger partial charge in [-0.15, -0.1) is 0 Å². The van der Waals surface area contributed by atoms with E-state index in [4.69, 9.17) is 4.74 Å². The van der Waals surface area contributed by atoms with E-state index in [1.165, 1.54) is 0 Å². The zero-order valence-electron chi connectivity index (χ0n) is 11.4. The van der Waals surface area contributed by atoms with Crippen LogP contribution in [0.3, 0.4) is 0 Å². The summed E-state index contributed by atoms with van der Waals surface area (Å²) >= 11 is 0. The van der Waals surface area contributed by atoms with Crippen molar-refractivity contribution in [3.8, 4) is 0 Å². The molecular weight excluding hydrogens is 228 g/mol. The van der Waals surface area contributed by atoms with Gasteiger partial charge in [-0.2, -0.15) is 0 Å². The van der Waals surface area contributed by atoms with Crippen LogP contribution in [0.5, 0.6) is 0 Å². The van der Waals surface area contributed by atoms with Gasteiger partial charge in [-0.25, -0.2) is 0 Å². The molecule has 0 aliphatic carbocycles. The van der Waals surface area contributed by atoms with Crippen molar-refractivity contribution < 1.29 is 9.84 Å². The standard InChI is InChI=1S/C14H22N2O2/c1-4-13(17)12-6-5-11(9-15-12)16-7-8-18-10-14(16,2)3/h5-6,9,13,17H,4,7-8,10H2,1-3H3/t13-/m0/s1. The molecule has 1 aromatic rings. The summed E-state index contributed by atoms with van der Waals surface area (Å²) in [6, 6.07) is 3.95. The Hall–Kier alpha value is -1.13. The fraction of sp³-hybridized carbons (Fsp3) is 0.643. The Labute approximate surface area is 109 Å². The van der Waals surface area contributed by atoms with Gasteiger partial charge in [0.1, 0.15) is 0 Å². The molecule has 0 bridgehead atoms. The molecule has 2 rings (SSSR count). The van der Waals surface area contributed by atoms with E-state index < -0.39 is 6.10 Å². The minimum absolute atomic E-state index is 0.00911. The van der Waals surface area contributed by atoms with E-state index in [9.17, 15) is 5.11 Å². The van der Waals surface area contributed by atoms with Crippen molar-refractivity contribution in [2.75, 3.05) is 24.7 Å². The first-order valence-electron chi connectivity index (χ1n) is 6.54. The van der Waals surface area contributed by atoms with Gasteiger partial charge < -0.3 is 14.7 Å². The highest BCUT2D eigenvalue weighted by molar-refractivity contribution is 5.48. The second-order valence-corrected chi connectivity index (χ2v) is 5.38. The maximum atomic E-state index is 9.74. The van der Waals surface area contributed by atoms with Crippen LogP contribution in [-0.2, 0) is 4.74 Å². The van der Waals surface area contributed by atoms with Crippen molar-refractivity contribution in [1.82, 2.24) is 4.98 Å². The van der Waals surface area contributed by atoms with E-state index in [0.29, 0.717) is 6.42 Å². The Kier molecular flexibility index (Phi) is 3.88. The molecule has 0 saturated carbocycles. The number of aliphatic hydroxyl groups excluding tert-OH is 1. The van der Waals surface area contributed by atoms with Gasteiger partial charge in [0.2, 0.25) is 0 Å². The lowest BCUT2D eigenvalue weighted by atomic mass is 10.0. The number of nitrogens with zero attached hydrogens (tertiary/aromatic N) is 2.